The van der Waals surface area contributed by atoms with Crippen LogP contribution in [0, 0.1) is 0 Å². The molecule has 0 unspecified atom stereocenters. The van der Waals surface area contributed by atoms with Gasteiger partial charge in [-0.05, 0) is 23.3 Å². The lowest BCUT2D eigenvalue weighted by molar-refractivity contribution is -0.130. The molecule has 168 valence electrons. The van der Waals surface area contributed by atoms with Crippen LogP contribution in [0.1, 0.15) is 17.2 Å². The van der Waals surface area contributed by atoms with E-state index in [4.69, 9.17) is 4.42 Å². The van der Waals surface area contributed by atoms with E-state index in [0.717, 1.165) is 18.8 Å². The average Bonchev–Trinajstić information content (AvgIpc) is 3.57. The van der Waals surface area contributed by atoms with Crippen LogP contribution in [0.4, 0.5) is 0 Å². The van der Waals surface area contributed by atoms with Crippen LogP contribution in [0.15, 0.2) is 88.6 Å². The van der Waals surface area contributed by atoms with Gasteiger partial charge in [-0.2, -0.15) is 0 Å². The van der Waals surface area contributed by atoms with Crippen LogP contribution in [-0.2, 0) is 4.79 Å². The van der Waals surface area contributed by atoms with E-state index in [1.165, 1.54) is 22.9 Å². The number of nitrogens with one attached hydrogen (secondary N) is 1. The number of amides is 1. The molecule has 0 bridgehead atoms. The number of nitrogens with zero attached hydrogens (tertiary/aromatic N) is 4. The minimum absolute atomic E-state index is 0.0928. The molecule has 1 saturated heterocycles. The Morgan fingerprint density at radius 2 is 1.58 bits per heavy atom. The van der Waals surface area contributed by atoms with Crippen molar-refractivity contribution in [2.45, 2.75) is 11.3 Å². The van der Waals surface area contributed by atoms with Crippen molar-refractivity contribution in [2.24, 2.45) is 0 Å². The van der Waals surface area contributed by atoms with E-state index in [-0.39, 0.29) is 17.7 Å². The quantitative estimate of drug-likeness (QED) is 0.420. The zero-order chi connectivity index (χ0) is 22.5. The minimum atomic E-state index is 0.0928. The highest BCUT2D eigenvalue weighted by Gasteiger charge is 2.28. The van der Waals surface area contributed by atoms with Gasteiger partial charge < -0.3 is 14.3 Å². The van der Waals surface area contributed by atoms with Crippen molar-refractivity contribution in [2.75, 3.05) is 31.9 Å². The van der Waals surface area contributed by atoms with Crippen molar-refractivity contribution < 1.29 is 9.21 Å². The van der Waals surface area contributed by atoms with Crippen LogP contribution < -0.4 is 0 Å². The van der Waals surface area contributed by atoms with Crippen molar-refractivity contribution in [1.29, 1.82) is 0 Å². The van der Waals surface area contributed by atoms with Gasteiger partial charge >= 0.3 is 0 Å². The zero-order valence-corrected chi connectivity index (χ0v) is 18.9. The molecule has 7 nitrogen and oxygen atoms in total. The van der Waals surface area contributed by atoms with Crippen LogP contribution >= 0.6 is 11.8 Å². The summed E-state index contributed by atoms with van der Waals surface area (Å²) < 4.78 is 5.64. The molecule has 2 aromatic heterocycles. The lowest BCUT2D eigenvalue weighted by Crippen LogP contribution is -2.50. The van der Waals surface area contributed by atoms with Crippen LogP contribution in [-0.4, -0.2) is 62.8 Å². The van der Waals surface area contributed by atoms with Gasteiger partial charge in [-0.1, -0.05) is 72.4 Å². The maximum Gasteiger partial charge on any atom is 0.277 e. The van der Waals surface area contributed by atoms with Crippen molar-refractivity contribution in [3.63, 3.8) is 0 Å². The smallest absolute Gasteiger partial charge is 0.277 e. The number of piperazine rings is 1. The molecule has 3 heterocycles. The molecule has 0 radical (unpaired) electrons. The van der Waals surface area contributed by atoms with E-state index in [9.17, 15) is 4.79 Å². The summed E-state index contributed by atoms with van der Waals surface area (Å²) in [6.07, 6.45) is 1.80. The summed E-state index contributed by atoms with van der Waals surface area (Å²) in [6.45, 7) is 3.05. The maximum absolute atomic E-state index is 12.8. The molecule has 5 rings (SSSR count). The molecule has 4 aromatic rings. The van der Waals surface area contributed by atoms with Gasteiger partial charge in [0, 0.05) is 32.4 Å². The van der Waals surface area contributed by atoms with Crippen molar-refractivity contribution in [1.82, 2.24) is 25.0 Å². The lowest BCUT2D eigenvalue weighted by atomic mass is 9.96. The molecule has 1 N–H and O–H groups in total. The fourth-order valence-electron chi connectivity index (χ4n) is 4.17. The monoisotopic (exact) mass is 459 g/mol. The molecule has 1 amide bonds. The second kappa shape index (κ2) is 10.1. The van der Waals surface area contributed by atoms with Crippen LogP contribution in [0.3, 0.4) is 0 Å². The molecule has 1 aliphatic heterocycles. The number of carbonyl (C=O) groups excluding carboxylic acids is 1. The van der Waals surface area contributed by atoms with Crippen molar-refractivity contribution in [3.05, 3.63) is 90.1 Å². The van der Waals surface area contributed by atoms with Crippen LogP contribution in [0.25, 0.3) is 11.6 Å². The van der Waals surface area contributed by atoms with Crippen LogP contribution in [0.2, 0.25) is 0 Å². The average molecular weight is 460 g/mol. The molecule has 1 aliphatic rings. The number of rotatable bonds is 7. The molecule has 1 fully saturated rings. The van der Waals surface area contributed by atoms with Gasteiger partial charge in [0.1, 0.15) is 5.69 Å². The van der Waals surface area contributed by atoms with Crippen molar-refractivity contribution >= 4 is 17.7 Å². The number of hydrogen-bond acceptors (Lipinski definition) is 6. The number of thioether (sulfide) groups is 1. The first kappa shape index (κ1) is 21.5. The summed E-state index contributed by atoms with van der Waals surface area (Å²) in [6, 6.07) is 25.1. The Balaban J connectivity index is 1.19. The Bertz CT molecular complexity index is 1120. The van der Waals surface area contributed by atoms with Gasteiger partial charge in [-0.15, -0.1) is 10.2 Å². The first-order chi connectivity index (χ1) is 16.3. The molecule has 33 heavy (non-hydrogen) atoms. The Morgan fingerprint density at radius 3 is 2.18 bits per heavy atom. The first-order valence-electron chi connectivity index (χ1n) is 11.0. The minimum Gasteiger partial charge on any atom is -0.410 e. The lowest BCUT2D eigenvalue weighted by Gasteiger charge is -2.39. The standard InChI is InChI=1S/C25H25N5O2S/c31-22(18-33-25-28-27-24(32-25)21-12-7-13-26-21)29-14-16-30(17-15-29)23(19-8-3-1-4-9-19)20-10-5-2-6-11-20/h1-13,23,26H,14-18H2. The summed E-state index contributed by atoms with van der Waals surface area (Å²) in [5.74, 6) is 0.805. The van der Waals surface area contributed by atoms with Gasteiger partial charge in [0.15, 0.2) is 0 Å². The SMILES string of the molecule is O=C(CSc1nnc(-c2ccc[nH]2)o1)N1CCN(C(c2ccccc2)c2ccccc2)CC1. The van der Waals surface area contributed by atoms with E-state index in [1.807, 2.05) is 29.2 Å². The second-order valence-electron chi connectivity index (χ2n) is 7.89. The van der Waals surface area contributed by atoms with Gasteiger partial charge in [0.25, 0.3) is 11.1 Å². The summed E-state index contributed by atoms with van der Waals surface area (Å²) in [5, 5.41) is 8.48. The molecule has 0 atom stereocenters. The Morgan fingerprint density at radius 1 is 0.909 bits per heavy atom. The van der Waals surface area contributed by atoms with E-state index >= 15 is 0 Å². The molecular formula is C25H25N5O2S. The number of hydrogen-bond donors (Lipinski definition) is 1. The third-order valence-corrected chi connectivity index (χ3v) is 6.62. The Kier molecular flexibility index (Phi) is 6.55. The number of carbonyl (C=O) groups is 1. The number of H-pyrrole nitrogens is 1. The van der Waals surface area contributed by atoms with Gasteiger partial charge in [0.05, 0.1) is 11.8 Å². The van der Waals surface area contributed by atoms with Crippen LogP contribution in [0.5, 0.6) is 0 Å². The van der Waals surface area contributed by atoms with Gasteiger partial charge in [-0.25, -0.2) is 0 Å². The molecule has 2 aromatic carbocycles. The fraction of sp³-hybridized carbons (Fsp3) is 0.240. The second-order valence-corrected chi connectivity index (χ2v) is 8.81. The molecule has 0 saturated carbocycles. The number of benzene rings is 2. The highest BCUT2D eigenvalue weighted by atomic mass is 32.2. The van der Waals surface area contributed by atoms with Crippen molar-refractivity contribution in [3.8, 4) is 11.6 Å². The predicted molar refractivity (Wildman–Crippen MR) is 128 cm³/mol. The largest absolute Gasteiger partial charge is 0.410 e. The maximum atomic E-state index is 12.8. The summed E-state index contributed by atoms with van der Waals surface area (Å²) in [7, 11) is 0. The van der Waals surface area contributed by atoms with E-state index in [0.29, 0.717) is 24.2 Å². The summed E-state index contributed by atoms with van der Waals surface area (Å²) in [4.78, 5) is 20.2. The highest BCUT2D eigenvalue weighted by molar-refractivity contribution is 7.99. The van der Waals surface area contributed by atoms with E-state index in [2.05, 4.69) is 68.6 Å². The molecular weight excluding hydrogens is 434 g/mol. The molecule has 0 aliphatic carbocycles. The Labute approximate surface area is 196 Å². The fourth-order valence-corrected chi connectivity index (χ4v) is 4.84. The number of aromatic nitrogens is 3. The normalized spacial score (nSPS) is 14.6. The molecule has 0 spiro atoms. The summed E-state index contributed by atoms with van der Waals surface area (Å²) in [5.41, 5.74) is 3.31. The summed E-state index contributed by atoms with van der Waals surface area (Å²) >= 11 is 1.28. The predicted octanol–water partition coefficient (Wildman–Crippen LogP) is 4.09. The Hall–Kier alpha value is -3.36. The zero-order valence-electron chi connectivity index (χ0n) is 18.1. The topological polar surface area (TPSA) is 78.3 Å². The first-order valence-corrected chi connectivity index (χ1v) is 12.0. The van der Waals surface area contributed by atoms with E-state index < -0.39 is 0 Å². The van der Waals surface area contributed by atoms with E-state index in [1.54, 1.807) is 6.20 Å². The third-order valence-electron chi connectivity index (χ3n) is 5.82. The highest BCUT2D eigenvalue weighted by Crippen LogP contribution is 2.29. The van der Waals surface area contributed by atoms with Gasteiger partial charge in [-0.3, -0.25) is 9.69 Å². The molecule has 8 heteroatoms. The van der Waals surface area contributed by atoms with Gasteiger partial charge in [0.2, 0.25) is 5.91 Å². The number of aromatic amines is 1. The third kappa shape index (κ3) is 5.02.